The smallest absolute Gasteiger partial charge is 0.217 e. The van der Waals surface area contributed by atoms with E-state index >= 15 is 0 Å². The van der Waals surface area contributed by atoms with E-state index in [0.29, 0.717) is 5.56 Å². The van der Waals surface area contributed by atoms with Gasteiger partial charge in [0.15, 0.2) is 5.78 Å². The van der Waals surface area contributed by atoms with Crippen LogP contribution in [-0.4, -0.2) is 18.2 Å². The van der Waals surface area contributed by atoms with Crippen molar-refractivity contribution in [2.75, 3.05) is 6.54 Å². The number of carbonyl (C=O) groups excluding carboxylic acids is 2. The Labute approximate surface area is 89.5 Å². The standard InChI is InChI=1S/C12H15NO2/c1-3-10-4-6-11(7-5-10)12(15)8-13-9(2)14/h4-7H,3,8H2,1-2H3,(H,13,14). The van der Waals surface area contributed by atoms with Gasteiger partial charge in [-0.15, -0.1) is 0 Å². The van der Waals surface area contributed by atoms with E-state index in [4.69, 9.17) is 0 Å². The summed E-state index contributed by atoms with van der Waals surface area (Å²) in [4.78, 5) is 22.2. The van der Waals surface area contributed by atoms with Crippen LogP contribution >= 0.6 is 0 Å². The van der Waals surface area contributed by atoms with Crippen molar-refractivity contribution in [3.05, 3.63) is 35.4 Å². The fraction of sp³-hybridized carbons (Fsp3) is 0.333. The molecule has 0 heterocycles. The van der Waals surface area contributed by atoms with E-state index in [-0.39, 0.29) is 18.2 Å². The van der Waals surface area contributed by atoms with Crippen LogP contribution in [0.5, 0.6) is 0 Å². The molecule has 0 atom stereocenters. The summed E-state index contributed by atoms with van der Waals surface area (Å²) in [5.74, 6) is -0.249. The lowest BCUT2D eigenvalue weighted by Crippen LogP contribution is -2.27. The average Bonchev–Trinajstić information content (AvgIpc) is 2.26. The maximum absolute atomic E-state index is 11.5. The van der Waals surface area contributed by atoms with Gasteiger partial charge in [-0.2, -0.15) is 0 Å². The minimum absolute atomic E-state index is 0.0622. The van der Waals surface area contributed by atoms with Crippen molar-refractivity contribution in [1.82, 2.24) is 5.32 Å². The molecule has 0 spiro atoms. The van der Waals surface area contributed by atoms with Gasteiger partial charge >= 0.3 is 0 Å². The molecule has 3 heteroatoms. The van der Waals surface area contributed by atoms with E-state index in [2.05, 4.69) is 12.2 Å². The second-order valence-corrected chi connectivity index (χ2v) is 3.38. The zero-order valence-electron chi connectivity index (χ0n) is 9.04. The van der Waals surface area contributed by atoms with Crippen LogP contribution in [0.15, 0.2) is 24.3 Å². The molecule has 0 saturated heterocycles. The van der Waals surface area contributed by atoms with Crippen molar-refractivity contribution < 1.29 is 9.59 Å². The molecule has 0 aliphatic heterocycles. The molecule has 80 valence electrons. The Bertz CT molecular complexity index is 354. The fourth-order valence-electron chi connectivity index (χ4n) is 1.23. The molecule has 0 saturated carbocycles. The van der Waals surface area contributed by atoms with Gasteiger partial charge in [0.05, 0.1) is 6.54 Å². The zero-order valence-corrected chi connectivity index (χ0v) is 9.04. The van der Waals surface area contributed by atoms with E-state index in [1.807, 2.05) is 12.1 Å². The molecule has 0 radical (unpaired) electrons. The summed E-state index contributed by atoms with van der Waals surface area (Å²) < 4.78 is 0. The maximum Gasteiger partial charge on any atom is 0.217 e. The van der Waals surface area contributed by atoms with Gasteiger partial charge in [-0.1, -0.05) is 31.2 Å². The first kappa shape index (κ1) is 11.4. The van der Waals surface area contributed by atoms with E-state index in [0.717, 1.165) is 6.42 Å². The number of hydrogen-bond donors (Lipinski definition) is 1. The Morgan fingerprint density at radius 2 is 1.80 bits per heavy atom. The van der Waals surface area contributed by atoms with E-state index in [1.165, 1.54) is 12.5 Å². The monoisotopic (exact) mass is 205 g/mol. The van der Waals surface area contributed by atoms with E-state index in [9.17, 15) is 9.59 Å². The molecule has 0 aromatic heterocycles. The van der Waals surface area contributed by atoms with E-state index in [1.54, 1.807) is 12.1 Å². The molecular weight excluding hydrogens is 190 g/mol. The molecule has 0 aliphatic rings. The molecule has 1 N–H and O–H groups in total. The summed E-state index contributed by atoms with van der Waals surface area (Å²) in [6.45, 7) is 3.53. The molecule has 0 fully saturated rings. The van der Waals surface area contributed by atoms with Crippen LogP contribution in [0, 0.1) is 0 Å². The lowest BCUT2D eigenvalue weighted by atomic mass is 10.1. The van der Waals surface area contributed by atoms with Gasteiger partial charge in [-0.25, -0.2) is 0 Å². The van der Waals surface area contributed by atoms with Gasteiger partial charge in [-0.3, -0.25) is 9.59 Å². The Morgan fingerprint density at radius 3 is 2.27 bits per heavy atom. The molecule has 0 aliphatic carbocycles. The molecule has 0 unspecified atom stereocenters. The highest BCUT2D eigenvalue weighted by atomic mass is 16.2. The minimum Gasteiger partial charge on any atom is -0.349 e. The normalized spacial score (nSPS) is 9.73. The summed E-state index contributed by atoms with van der Waals surface area (Å²) in [5.41, 5.74) is 1.84. The summed E-state index contributed by atoms with van der Waals surface area (Å²) in [6.07, 6.45) is 0.958. The molecular formula is C12H15NO2. The second kappa shape index (κ2) is 5.29. The summed E-state index contributed by atoms with van der Waals surface area (Å²) >= 11 is 0. The number of benzene rings is 1. The van der Waals surface area contributed by atoms with Crippen molar-refractivity contribution in [1.29, 1.82) is 0 Å². The zero-order chi connectivity index (χ0) is 11.3. The maximum atomic E-state index is 11.5. The molecule has 3 nitrogen and oxygen atoms in total. The van der Waals surface area contributed by atoms with Crippen LogP contribution in [-0.2, 0) is 11.2 Å². The summed E-state index contributed by atoms with van der Waals surface area (Å²) in [5, 5.41) is 2.48. The topological polar surface area (TPSA) is 46.2 Å². The number of hydrogen-bond acceptors (Lipinski definition) is 2. The largest absolute Gasteiger partial charge is 0.349 e. The van der Waals surface area contributed by atoms with E-state index < -0.39 is 0 Å². The molecule has 0 bridgehead atoms. The first-order valence-corrected chi connectivity index (χ1v) is 5.00. The first-order valence-electron chi connectivity index (χ1n) is 5.00. The number of Topliss-reactive ketones (excluding diaryl/α,β-unsaturated/α-hetero) is 1. The van der Waals surface area contributed by atoms with Crippen molar-refractivity contribution in [3.63, 3.8) is 0 Å². The number of carbonyl (C=O) groups is 2. The summed E-state index contributed by atoms with van der Waals surface area (Å²) in [6, 6.07) is 7.45. The molecule has 1 amide bonds. The third-order valence-corrected chi connectivity index (χ3v) is 2.18. The number of amides is 1. The lowest BCUT2D eigenvalue weighted by molar-refractivity contribution is -0.118. The fourth-order valence-corrected chi connectivity index (χ4v) is 1.23. The van der Waals surface area contributed by atoms with Gasteiger partial charge in [0.2, 0.25) is 5.91 Å². The van der Waals surface area contributed by atoms with Crippen LogP contribution in [0.3, 0.4) is 0 Å². The molecule has 15 heavy (non-hydrogen) atoms. The predicted molar refractivity (Wildman–Crippen MR) is 58.8 cm³/mol. The Balaban J connectivity index is 2.62. The quantitative estimate of drug-likeness (QED) is 0.758. The van der Waals surface area contributed by atoms with Gasteiger partial charge in [-0.05, 0) is 12.0 Å². The Kier molecular flexibility index (Phi) is 4.03. The van der Waals surface area contributed by atoms with Crippen molar-refractivity contribution in [2.45, 2.75) is 20.3 Å². The average molecular weight is 205 g/mol. The van der Waals surface area contributed by atoms with Crippen molar-refractivity contribution in [3.8, 4) is 0 Å². The Morgan fingerprint density at radius 1 is 1.20 bits per heavy atom. The number of rotatable bonds is 4. The molecule has 1 aromatic carbocycles. The number of ketones is 1. The van der Waals surface area contributed by atoms with Crippen molar-refractivity contribution in [2.24, 2.45) is 0 Å². The summed E-state index contributed by atoms with van der Waals surface area (Å²) in [7, 11) is 0. The predicted octanol–water partition coefficient (Wildman–Crippen LogP) is 1.57. The number of aryl methyl sites for hydroxylation is 1. The third-order valence-electron chi connectivity index (χ3n) is 2.18. The van der Waals surface area contributed by atoms with Gasteiger partial charge < -0.3 is 5.32 Å². The lowest BCUT2D eigenvalue weighted by Gasteiger charge is -2.02. The van der Waals surface area contributed by atoms with Crippen molar-refractivity contribution >= 4 is 11.7 Å². The van der Waals surface area contributed by atoms with Crippen LogP contribution in [0.25, 0.3) is 0 Å². The van der Waals surface area contributed by atoms with Gasteiger partial charge in [0.1, 0.15) is 0 Å². The highest BCUT2D eigenvalue weighted by Crippen LogP contribution is 2.05. The highest BCUT2D eigenvalue weighted by Gasteiger charge is 2.05. The first-order chi connectivity index (χ1) is 7.13. The molecule has 1 rings (SSSR count). The van der Waals surface area contributed by atoms with Crippen LogP contribution < -0.4 is 5.32 Å². The van der Waals surface area contributed by atoms with Crippen LogP contribution in [0.2, 0.25) is 0 Å². The number of nitrogens with one attached hydrogen (secondary N) is 1. The third kappa shape index (κ3) is 3.54. The van der Waals surface area contributed by atoms with Gasteiger partial charge in [0, 0.05) is 12.5 Å². The second-order valence-electron chi connectivity index (χ2n) is 3.38. The van der Waals surface area contributed by atoms with Crippen LogP contribution in [0.4, 0.5) is 0 Å². The SMILES string of the molecule is CCc1ccc(C(=O)CNC(C)=O)cc1. The highest BCUT2D eigenvalue weighted by molar-refractivity contribution is 5.99. The minimum atomic E-state index is -0.187. The van der Waals surface area contributed by atoms with Crippen LogP contribution in [0.1, 0.15) is 29.8 Å². The molecule has 1 aromatic rings. The Hall–Kier alpha value is -1.64. The van der Waals surface area contributed by atoms with Gasteiger partial charge in [0.25, 0.3) is 0 Å².